The molecule has 2 aliphatic carbocycles. The summed E-state index contributed by atoms with van der Waals surface area (Å²) in [5, 5.41) is 26.8. The quantitative estimate of drug-likeness (QED) is 0.0529. The van der Waals surface area contributed by atoms with E-state index in [9.17, 15) is 28.4 Å². The number of nitrogens with one attached hydrogen (secondary N) is 3. The van der Waals surface area contributed by atoms with Crippen LogP contribution in [0.1, 0.15) is 111 Å². The van der Waals surface area contributed by atoms with Gasteiger partial charge in [0.25, 0.3) is 21.6 Å². The largest absolute Gasteiger partial charge is 0.497 e. The minimum absolute atomic E-state index is 0.0603. The van der Waals surface area contributed by atoms with Crippen molar-refractivity contribution < 1.29 is 32.7 Å². The van der Waals surface area contributed by atoms with Gasteiger partial charge in [0.05, 0.1) is 39.3 Å². The van der Waals surface area contributed by atoms with Crippen LogP contribution in [0.4, 0.5) is 17.1 Å². The van der Waals surface area contributed by atoms with E-state index in [2.05, 4.69) is 85.0 Å². The van der Waals surface area contributed by atoms with E-state index in [0.29, 0.717) is 47.4 Å². The Hall–Kier alpha value is -6.24. The zero-order valence-electron chi connectivity index (χ0n) is 43.1. The molecular formula is C57H67ClN8O8S. The van der Waals surface area contributed by atoms with Gasteiger partial charge in [-0.05, 0) is 135 Å². The number of methoxy groups -OCH3 is 1. The maximum atomic E-state index is 14.1. The van der Waals surface area contributed by atoms with Crippen molar-refractivity contribution in [3.63, 3.8) is 0 Å². The molecule has 16 nitrogen and oxygen atoms in total. The molecule has 4 fully saturated rings. The summed E-state index contributed by atoms with van der Waals surface area (Å²) in [6.07, 6.45) is 10.1. The summed E-state index contributed by atoms with van der Waals surface area (Å²) in [5.41, 5.74) is 4.65. The lowest BCUT2D eigenvalue weighted by Crippen LogP contribution is -2.60. The molecule has 396 valence electrons. The van der Waals surface area contributed by atoms with E-state index >= 15 is 0 Å². The van der Waals surface area contributed by atoms with Gasteiger partial charge in [-0.15, -0.1) is 0 Å². The number of hydrogen-bond acceptors (Lipinski definition) is 13. The van der Waals surface area contributed by atoms with Crippen molar-refractivity contribution in [1.29, 1.82) is 0 Å². The number of benzene rings is 4. The summed E-state index contributed by atoms with van der Waals surface area (Å²) in [7, 11) is -2.91. The van der Waals surface area contributed by atoms with Crippen LogP contribution in [0.2, 0.25) is 5.02 Å². The minimum Gasteiger partial charge on any atom is -0.497 e. The van der Waals surface area contributed by atoms with Crippen LogP contribution in [0.3, 0.4) is 0 Å². The fourth-order valence-corrected chi connectivity index (χ4v) is 13.1. The zero-order valence-corrected chi connectivity index (χ0v) is 44.6. The van der Waals surface area contributed by atoms with Crippen molar-refractivity contribution in [2.75, 3.05) is 56.6 Å². The third-order valence-electron chi connectivity index (χ3n) is 16.4. The van der Waals surface area contributed by atoms with E-state index in [1.165, 1.54) is 35.0 Å². The average molecular weight is 1060 g/mol. The summed E-state index contributed by atoms with van der Waals surface area (Å²) in [4.78, 5) is 40.4. The minimum atomic E-state index is -4.61. The number of carbonyl (C=O) groups excluding carboxylic acids is 1. The molecule has 1 amide bonds. The first-order valence-electron chi connectivity index (χ1n) is 26.2. The number of halogens is 1. The molecule has 2 aromatic heterocycles. The second-order valence-corrected chi connectivity index (χ2v) is 23.9. The predicted octanol–water partition coefficient (Wildman–Crippen LogP) is 10.8. The first-order valence-corrected chi connectivity index (χ1v) is 28.0. The number of rotatable bonds is 16. The number of ether oxygens (including phenoxy) is 2. The highest BCUT2D eigenvalue weighted by Gasteiger charge is 2.50. The third kappa shape index (κ3) is 11.5. The Morgan fingerprint density at radius 3 is 2.43 bits per heavy atom. The Kier molecular flexibility index (Phi) is 14.9. The second-order valence-electron chi connectivity index (χ2n) is 21.8. The van der Waals surface area contributed by atoms with Crippen LogP contribution in [0.5, 0.6) is 17.2 Å². The number of fused-ring (bicyclic) bond motifs is 1. The Morgan fingerprint density at radius 1 is 0.960 bits per heavy atom. The molecule has 18 heteroatoms. The van der Waals surface area contributed by atoms with Gasteiger partial charge in [-0.1, -0.05) is 61.8 Å². The van der Waals surface area contributed by atoms with Gasteiger partial charge < -0.3 is 29.8 Å². The number of anilines is 2. The summed E-state index contributed by atoms with van der Waals surface area (Å²) in [5.74, 6) is 0.877. The summed E-state index contributed by atoms with van der Waals surface area (Å²) in [6, 6.07) is 28.5. The molecule has 1 spiro atoms. The van der Waals surface area contributed by atoms with Crippen LogP contribution < -0.4 is 24.4 Å². The molecule has 4 N–H and O–H groups in total. The monoisotopic (exact) mass is 1060 g/mol. The molecule has 4 heterocycles. The average Bonchev–Trinajstić information content (AvgIpc) is 3.76. The van der Waals surface area contributed by atoms with E-state index in [0.717, 1.165) is 95.3 Å². The molecule has 4 aliphatic rings. The van der Waals surface area contributed by atoms with Crippen LogP contribution >= 0.6 is 11.6 Å². The van der Waals surface area contributed by atoms with E-state index in [1.807, 2.05) is 19.1 Å². The van der Waals surface area contributed by atoms with Crippen LogP contribution in [-0.4, -0.2) is 102 Å². The Bertz CT molecular complexity index is 3160. The molecule has 6 aromatic rings. The van der Waals surface area contributed by atoms with Gasteiger partial charge in [0.1, 0.15) is 28.6 Å². The van der Waals surface area contributed by atoms with Gasteiger partial charge in [0.2, 0.25) is 0 Å². The number of aliphatic hydroxyl groups is 1. The number of nitro groups is 1. The van der Waals surface area contributed by atoms with Crippen molar-refractivity contribution in [2.24, 2.45) is 11.3 Å². The topological polar surface area (TPSA) is 195 Å². The molecule has 0 bridgehead atoms. The molecule has 1 atom stereocenters. The number of nitro benzene ring substituents is 1. The van der Waals surface area contributed by atoms with Crippen LogP contribution in [-0.2, 0) is 16.6 Å². The molecule has 0 radical (unpaired) electrons. The summed E-state index contributed by atoms with van der Waals surface area (Å²) < 4.78 is 41.7. The number of H-pyrrole nitrogens is 1. The van der Waals surface area contributed by atoms with Crippen LogP contribution in [0.15, 0.2) is 108 Å². The number of piperidine rings is 1. The fraction of sp³-hybridized carbons (Fsp3) is 0.439. The number of nitrogens with zero attached hydrogens (tertiary/aromatic N) is 5. The van der Waals surface area contributed by atoms with Gasteiger partial charge in [0, 0.05) is 87.3 Å². The Balaban J connectivity index is 0.837. The number of piperazine rings is 1. The molecular weight excluding hydrogens is 992 g/mol. The SMILES string of the molecule is COc1ccc(CN2CCN(C3CC4(CCN(c5ccc(C(=O)NS(=O)(=O)c6ccc(NCC7CCC(C)(O)CC7)c([N+](=O)[O-])c6)c(Oc6cnc7[nH]cc(Cl)c7c6)c5)CC4)C3)C(c3ccccc3C(C)C)C2)cc1. The van der Waals surface area contributed by atoms with Crippen molar-refractivity contribution in [1.82, 2.24) is 24.5 Å². The van der Waals surface area contributed by atoms with Crippen LogP contribution in [0, 0.1) is 21.4 Å². The van der Waals surface area contributed by atoms with E-state index in [4.69, 9.17) is 21.1 Å². The third-order valence-corrected chi connectivity index (χ3v) is 18.0. The lowest BCUT2D eigenvalue weighted by molar-refractivity contribution is -0.384. The Morgan fingerprint density at radius 2 is 1.71 bits per heavy atom. The highest BCUT2D eigenvalue weighted by Crippen LogP contribution is 2.53. The summed E-state index contributed by atoms with van der Waals surface area (Å²) >= 11 is 6.45. The van der Waals surface area contributed by atoms with Gasteiger partial charge in [-0.3, -0.25) is 24.7 Å². The lowest BCUT2D eigenvalue weighted by atomic mass is 9.59. The number of sulfonamides is 1. The summed E-state index contributed by atoms with van der Waals surface area (Å²) in [6.45, 7) is 12.2. The highest BCUT2D eigenvalue weighted by atomic mass is 35.5. The zero-order chi connectivity index (χ0) is 52.6. The predicted molar refractivity (Wildman–Crippen MR) is 292 cm³/mol. The maximum Gasteiger partial charge on any atom is 0.293 e. The van der Waals surface area contributed by atoms with Gasteiger partial charge in [0.15, 0.2) is 0 Å². The van der Waals surface area contributed by atoms with E-state index in [-0.39, 0.29) is 40.1 Å². The van der Waals surface area contributed by atoms with E-state index < -0.39 is 37.0 Å². The first-order chi connectivity index (χ1) is 35.9. The highest BCUT2D eigenvalue weighted by molar-refractivity contribution is 7.90. The molecule has 10 rings (SSSR count). The number of pyridine rings is 1. The van der Waals surface area contributed by atoms with Crippen molar-refractivity contribution in [3.8, 4) is 17.2 Å². The van der Waals surface area contributed by atoms with Crippen molar-refractivity contribution in [2.45, 2.75) is 107 Å². The van der Waals surface area contributed by atoms with Gasteiger partial charge >= 0.3 is 0 Å². The number of aromatic nitrogens is 2. The van der Waals surface area contributed by atoms with Gasteiger partial charge in [-0.2, -0.15) is 0 Å². The Labute approximate surface area is 444 Å². The number of amides is 1. The number of carbonyl (C=O) groups is 1. The normalized spacial score (nSPS) is 21.5. The molecule has 4 aromatic carbocycles. The molecule has 2 saturated heterocycles. The molecule has 75 heavy (non-hydrogen) atoms. The standard InChI is InChI=1S/C57H67ClN8O8S/c1-37(2)45-7-5-6-8-46(45)52-36-63(35-39-9-12-42(73-4)13-10-39)25-26-65(52)41-30-57(31-41)21-23-64(24-22-57)40-11-15-47(53(27-40)74-43-28-48-49(58)34-61-54(48)60-33-43)55(67)62-75(71,72)44-14-16-50(51(29-44)66(69)70)59-32-38-17-19-56(3,68)20-18-38/h5-16,27-29,33-34,37-38,41,52,59,68H,17-26,30-32,35-36H2,1-4H3,(H,60,61)(H,62,67). The second kappa shape index (κ2) is 21.4. The first kappa shape index (κ1) is 52.2. The number of aromatic amines is 1. The molecule has 1 unspecified atom stereocenters. The fourth-order valence-electron chi connectivity index (χ4n) is 11.9. The maximum absolute atomic E-state index is 14.1. The molecule has 2 aliphatic heterocycles. The lowest BCUT2D eigenvalue weighted by Gasteiger charge is -2.58. The van der Waals surface area contributed by atoms with Crippen molar-refractivity contribution >= 4 is 55.6 Å². The van der Waals surface area contributed by atoms with Gasteiger partial charge in [-0.25, -0.2) is 18.1 Å². The van der Waals surface area contributed by atoms with Crippen LogP contribution in [0.25, 0.3) is 11.0 Å². The number of hydrogen-bond donors (Lipinski definition) is 4. The smallest absolute Gasteiger partial charge is 0.293 e. The molecule has 2 saturated carbocycles. The van der Waals surface area contributed by atoms with Crippen molar-refractivity contribution in [3.05, 3.63) is 141 Å². The van der Waals surface area contributed by atoms with E-state index in [1.54, 1.807) is 37.6 Å².